The van der Waals surface area contributed by atoms with Crippen molar-refractivity contribution < 1.29 is 18.3 Å². The molecule has 0 aliphatic carbocycles. The number of fused-ring (bicyclic) bond motifs is 2. The van der Waals surface area contributed by atoms with Crippen molar-refractivity contribution in [2.24, 2.45) is 0 Å². The molecule has 4 heterocycles. The van der Waals surface area contributed by atoms with Crippen LogP contribution in [0.25, 0.3) is 21.1 Å². The molecule has 0 spiro atoms. The molecule has 3 aromatic heterocycles. The molecule has 1 aliphatic rings. The number of hydrogen-bond donors (Lipinski definition) is 3. The molecule has 1 aliphatic heterocycles. The van der Waals surface area contributed by atoms with E-state index in [-0.39, 0.29) is 10.9 Å². The normalized spacial score (nSPS) is 14.8. The Bertz CT molecular complexity index is 2080. The first-order chi connectivity index (χ1) is 23.5. The van der Waals surface area contributed by atoms with Crippen molar-refractivity contribution in [3.63, 3.8) is 0 Å². The van der Waals surface area contributed by atoms with Crippen LogP contribution in [0.5, 0.6) is 0 Å². The van der Waals surface area contributed by atoms with E-state index in [1.165, 1.54) is 18.0 Å². The molecule has 0 bridgehead atoms. The molecule has 13 heteroatoms. The standard InChI is InChI=1S/C36H35F3N8OS/c1-3-33(48)45-31-6-4-23(14-25(31)18-40)8-13-47-27(19-41)15-29-22(2)24(5-7-32(29)47)20-46-11-9-26(10-12-46)44-34-30-16-28(17-36(37,38)39)49-35(30)43-21-42-34/h3-7,14-16,21,26,33,45,48H,1,8-13,17,20H2,2H3,(H,42,43,44). The number of thiophene rings is 1. The van der Waals surface area contributed by atoms with Gasteiger partial charge in [-0.15, -0.1) is 11.3 Å². The number of nitrogens with zero attached hydrogens (tertiary/aromatic N) is 6. The van der Waals surface area contributed by atoms with Crippen LogP contribution >= 0.6 is 11.3 Å². The lowest BCUT2D eigenvalue weighted by atomic mass is 10.0. The first-order valence-corrected chi connectivity index (χ1v) is 16.8. The second-order valence-corrected chi connectivity index (χ2v) is 13.4. The Balaban J connectivity index is 1.10. The number of halogens is 3. The minimum atomic E-state index is -4.27. The van der Waals surface area contributed by atoms with Crippen molar-refractivity contribution >= 4 is 44.0 Å². The molecule has 0 radical (unpaired) electrons. The molecular weight excluding hydrogens is 650 g/mol. The second-order valence-electron chi connectivity index (χ2n) is 12.3. The van der Waals surface area contributed by atoms with Gasteiger partial charge in [-0.3, -0.25) is 4.90 Å². The van der Waals surface area contributed by atoms with E-state index in [2.05, 4.69) is 63.3 Å². The minimum Gasteiger partial charge on any atom is -0.370 e. The Hall–Kier alpha value is -4.95. The molecule has 6 rings (SSSR count). The number of piperidine rings is 1. The smallest absolute Gasteiger partial charge is 0.370 e. The van der Waals surface area contributed by atoms with Gasteiger partial charge in [0, 0.05) is 48.0 Å². The maximum absolute atomic E-state index is 12.9. The van der Waals surface area contributed by atoms with E-state index >= 15 is 0 Å². The molecular formula is C36H35F3N8OS. The molecule has 252 valence electrons. The molecule has 49 heavy (non-hydrogen) atoms. The topological polar surface area (TPSA) is 126 Å². The minimum absolute atomic E-state index is 0.145. The number of aromatic nitrogens is 3. The molecule has 9 nitrogen and oxygen atoms in total. The maximum atomic E-state index is 12.9. The van der Waals surface area contributed by atoms with Gasteiger partial charge in [-0.05, 0) is 79.3 Å². The number of aliphatic hydroxyl groups excluding tert-OH is 1. The van der Waals surface area contributed by atoms with Crippen molar-refractivity contribution in [3.8, 4) is 12.1 Å². The lowest BCUT2D eigenvalue weighted by Gasteiger charge is -2.33. The van der Waals surface area contributed by atoms with E-state index < -0.39 is 18.8 Å². The summed E-state index contributed by atoms with van der Waals surface area (Å²) in [6.45, 7) is 8.66. The van der Waals surface area contributed by atoms with Gasteiger partial charge in [0.2, 0.25) is 0 Å². The Morgan fingerprint density at radius 1 is 1.10 bits per heavy atom. The number of aliphatic hydroxyl groups is 1. The summed E-state index contributed by atoms with van der Waals surface area (Å²) in [5.41, 5.74) is 5.77. The van der Waals surface area contributed by atoms with Crippen LogP contribution in [-0.2, 0) is 25.9 Å². The summed E-state index contributed by atoms with van der Waals surface area (Å²) in [7, 11) is 0. The van der Waals surface area contributed by atoms with E-state index in [9.17, 15) is 28.8 Å². The highest BCUT2D eigenvalue weighted by Crippen LogP contribution is 2.34. The quantitative estimate of drug-likeness (QED) is 0.100. The summed E-state index contributed by atoms with van der Waals surface area (Å²) < 4.78 is 40.9. The Kier molecular flexibility index (Phi) is 9.88. The van der Waals surface area contributed by atoms with Crippen LogP contribution in [-0.4, -0.2) is 56.1 Å². The van der Waals surface area contributed by atoms with E-state index in [1.807, 2.05) is 16.7 Å². The molecule has 0 saturated carbocycles. The molecule has 5 aromatic rings. The van der Waals surface area contributed by atoms with Crippen molar-refractivity contribution in [2.75, 3.05) is 23.7 Å². The van der Waals surface area contributed by atoms with Gasteiger partial charge in [0.05, 0.1) is 23.1 Å². The van der Waals surface area contributed by atoms with Crippen molar-refractivity contribution in [2.45, 2.75) is 64.1 Å². The van der Waals surface area contributed by atoms with Crippen LogP contribution in [0.3, 0.4) is 0 Å². The lowest BCUT2D eigenvalue weighted by molar-refractivity contribution is -0.126. The Morgan fingerprint density at radius 3 is 2.61 bits per heavy atom. The fourth-order valence-electron chi connectivity index (χ4n) is 6.43. The Labute approximate surface area is 285 Å². The first-order valence-electron chi connectivity index (χ1n) is 16.0. The lowest BCUT2D eigenvalue weighted by Crippen LogP contribution is -2.39. The van der Waals surface area contributed by atoms with Crippen molar-refractivity contribution in [1.29, 1.82) is 10.5 Å². The highest BCUT2D eigenvalue weighted by Gasteiger charge is 2.29. The number of aryl methyl sites for hydroxylation is 3. The van der Waals surface area contributed by atoms with Crippen LogP contribution in [0.1, 0.15) is 45.7 Å². The molecule has 1 unspecified atom stereocenters. The average Bonchev–Trinajstić information content (AvgIpc) is 3.66. The van der Waals surface area contributed by atoms with Gasteiger partial charge in [0.15, 0.2) is 0 Å². The van der Waals surface area contributed by atoms with E-state index in [4.69, 9.17) is 0 Å². The number of benzene rings is 2. The highest BCUT2D eigenvalue weighted by atomic mass is 32.1. The van der Waals surface area contributed by atoms with E-state index in [1.54, 1.807) is 18.2 Å². The predicted octanol–water partition coefficient (Wildman–Crippen LogP) is 7.04. The van der Waals surface area contributed by atoms with Gasteiger partial charge < -0.3 is 20.3 Å². The fraction of sp³-hybridized carbons (Fsp3) is 0.333. The monoisotopic (exact) mass is 684 g/mol. The number of likely N-dealkylation sites (tertiary alicyclic amines) is 1. The van der Waals surface area contributed by atoms with Crippen LogP contribution in [0, 0.1) is 29.6 Å². The molecule has 0 amide bonds. The van der Waals surface area contributed by atoms with Crippen LogP contribution in [0.2, 0.25) is 0 Å². The van der Waals surface area contributed by atoms with Crippen molar-refractivity contribution in [1.82, 2.24) is 19.4 Å². The number of nitriles is 2. The summed E-state index contributed by atoms with van der Waals surface area (Å²) in [4.78, 5) is 11.7. The summed E-state index contributed by atoms with van der Waals surface area (Å²) in [5, 5.41) is 37.4. The largest absolute Gasteiger partial charge is 0.393 e. The van der Waals surface area contributed by atoms with E-state index in [0.717, 1.165) is 65.8 Å². The van der Waals surface area contributed by atoms with Gasteiger partial charge in [0.25, 0.3) is 0 Å². The zero-order valence-electron chi connectivity index (χ0n) is 26.9. The average molecular weight is 685 g/mol. The third-order valence-corrected chi connectivity index (χ3v) is 10.1. The number of rotatable bonds is 11. The van der Waals surface area contributed by atoms with Gasteiger partial charge in [-0.1, -0.05) is 18.7 Å². The van der Waals surface area contributed by atoms with Crippen molar-refractivity contribution in [3.05, 3.63) is 94.3 Å². The van der Waals surface area contributed by atoms with Gasteiger partial charge in [-0.2, -0.15) is 23.7 Å². The first kappa shape index (κ1) is 33.9. The van der Waals surface area contributed by atoms with Gasteiger partial charge >= 0.3 is 6.18 Å². The van der Waals surface area contributed by atoms with E-state index in [0.29, 0.717) is 45.9 Å². The summed E-state index contributed by atoms with van der Waals surface area (Å²) >= 11 is 1.05. The number of anilines is 2. The predicted molar refractivity (Wildman–Crippen MR) is 185 cm³/mol. The molecule has 3 N–H and O–H groups in total. The number of hydrogen-bond acceptors (Lipinski definition) is 9. The molecule has 1 atom stereocenters. The molecule has 1 saturated heterocycles. The van der Waals surface area contributed by atoms with Crippen LogP contribution in [0.4, 0.5) is 24.7 Å². The number of alkyl halides is 3. The molecule has 2 aromatic carbocycles. The summed E-state index contributed by atoms with van der Waals surface area (Å²) in [6.07, 6.45) is -1.12. The van der Waals surface area contributed by atoms with Crippen LogP contribution in [0.15, 0.2) is 61.4 Å². The highest BCUT2D eigenvalue weighted by molar-refractivity contribution is 7.18. The summed E-state index contributed by atoms with van der Waals surface area (Å²) in [5.74, 6) is 0.579. The van der Waals surface area contributed by atoms with Gasteiger partial charge in [0.1, 0.15) is 41.0 Å². The fourth-order valence-corrected chi connectivity index (χ4v) is 7.45. The van der Waals surface area contributed by atoms with Gasteiger partial charge in [-0.25, -0.2) is 9.97 Å². The maximum Gasteiger partial charge on any atom is 0.393 e. The second kappa shape index (κ2) is 14.3. The molecule has 1 fully saturated rings. The zero-order valence-corrected chi connectivity index (χ0v) is 27.7. The summed E-state index contributed by atoms with van der Waals surface area (Å²) in [6, 6.07) is 17.8. The third kappa shape index (κ3) is 7.70. The number of nitrogens with one attached hydrogen (secondary N) is 2. The SMILES string of the molecule is C=CC(O)Nc1ccc(CCn2c(C#N)cc3c(C)c(CN4CCC(Nc5ncnc6sc(CC(F)(F)F)cc56)CC4)ccc32)cc1C#N. The van der Waals surface area contributed by atoms with Crippen LogP contribution < -0.4 is 10.6 Å². The third-order valence-electron chi connectivity index (χ3n) is 9.01. The zero-order chi connectivity index (χ0) is 34.7. The Morgan fingerprint density at radius 2 is 1.90 bits per heavy atom.